The van der Waals surface area contributed by atoms with Gasteiger partial charge in [-0.25, -0.2) is 0 Å². The molecule has 0 aliphatic carbocycles. The molecule has 19 heavy (non-hydrogen) atoms. The Bertz CT molecular complexity index is 369. The number of anilines is 1. The van der Waals surface area contributed by atoms with Gasteiger partial charge in [0, 0.05) is 11.7 Å². The van der Waals surface area contributed by atoms with E-state index in [0.717, 1.165) is 13.1 Å². The van der Waals surface area contributed by atoms with E-state index in [0.29, 0.717) is 6.04 Å². The Balaban J connectivity index is 0.00000162. The van der Waals surface area contributed by atoms with Crippen LogP contribution >= 0.6 is 24.8 Å². The van der Waals surface area contributed by atoms with Gasteiger partial charge in [-0.3, -0.25) is 0 Å². The van der Waals surface area contributed by atoms with Crippen molar-refractivity contribution in [2.75, 3.05) is 18.4 Å². The van der Waals surface area contributed by atoms with E-state index < -0.39 is 0 Å². The highest BCUT2D eigenvalue weighted by Gasteiger charge is 2.19. The van der Waals surface area contributed by atoms with Crippen LogP contribution in [0.15, 0.2) is 24.3 Å². The van der Waals surface area contributed by atoms with Crippen molar-refractivity contribution >= 4 is 30.5 Å². The van der Waals surface area contributed by atoms with Crippen LogP contribution in [0.3, 0.4) is 0 Å². The van der Waals surface area contributed by atoms with Gasteiger partial charge in [-0.05, 0) is 43.0 Å². The summed E-state index contributed by atoms with van der Waals surface area (Å²) in [5, 5.41) is 7.12. The van der Waals surface area contributed by atoms with Crippen LogP contribution in [0.5, 0.6) is 0 Å². The van der Waals surface area contributed by atoms with Crippen LogP contribution < -0.4 is 10.6 Å². The number of nitrogens with one attached hydrogen (secondary N) is 2. The van der Waals surface area contributed by atoms with Crippen LogP contribution in [-0.2, 0) is 5.41 Å². The average Bonchev–Trinajstić information content (AvgIpc) is 2.30. The Hall–Kier alpha value is -0.440. The molecule has 0 atom stereocenters. The minimum absolute atomic E-state index is 0. The number of halogens is 2. The zero-order chi connectivity index (χ0) is 12.3. The second kappa shape index (κ2) is 7.98. The Morgan fingerprint density at radius 3 is 2.21 bits per heavy atom. The largest absolute Gasteiger partial charge is 0.382 e. The topological polar surface area (TPSA) is 24.1 Å². The molecule has 4 heteroatoms. The van der Waals surface area contributed by atoms with E-state index >= 15 is 0 Å². The molecule has 2 N–H and O–H groups in total. The van der Waals surface area contributed by atoms with Gasteiger partial charge in [-0.2, -0.15) is 0 Å². The number of hydrogen-bond acceptors (Lipinski definition) is 2. The average molecular weight is 305 g/mol. The fourth-order valence-corrected chi connectivity index (χ4v) is 2.45. The lowest BCUT2D eigenvalue weighted by molar-refractivity contribution is 0.477. The van der Waals surface area contributed by atoms with E-state index in [2.05, 4.69) is 55.7 Å². The molecule has 0 radical (unpaired) electrons. The van der Waals surface area contributed by atoms with Crippen molar-refractivity contribution in [1.29, 1.82) is 0 Å². The van der Waals surface area contributed by atoms with Gasteiger partial charge < -0.3 is 10.6 Å². The predicted molar refractivity (Wildman–Crippen MR) is 89.2 cm³/mol. The fraction of sp³-hybridized carbons (Fsp3) is 0.600. The van der Waals surface area contributed by atoms with Crippen molar-refractivity contribution in [1.82, 2.24) is 5.32 Å². The minimum atomic E-state index is 0. The van der Waals surface area contributed by atoms with Gasteiger partial charge in [0.05, 0.1) is 0 Å². The molecule has 0 saturated carbocycles. The van der Waals surface area contributed by atoms with Crippen molar-refractivity contribution < 1.29 is 0 Å². The molecule has 0 unspecified atom stereocenters. The lowest BCUT2D eigenvalue weighted by Crippen LogP contribution is -2.35. The van der Waals surface area contributed by atoms with Crippen molar-refractivity contribution in [3.8, 4) is 0 Å². The van der Waals surface area contributed by atoms with Crippen LogP contribution in [0.2, 0.25) is 0 Å². The van der Waals surface area contributed by atoms with E-state index in [4.69, 9.17) is 0 Å². The molecular formula is C15H26Cl2N2. The Labute approximate surface area is 129 Å². The van der Waals surface area contributed by atoms with Crippen molar-refractivity contribution in [3.63, 3.8) is 0 Å². The zero-order valence-corrected chi connectivity index (χ0v) is 13.7. The molecule has 0 spiro atoms. The summed E-state index contributed by atoms with van der Waals surface area (Å²) in [5.74, 6) is 0. The highest BCUT2D eigenvalue weighted by molar-refractivity contribution is 5.85. The van der Waals surface area contributed by atoms with Gasteiger partial charge in [-0.15, -0.1) is 24.8 Å². The molecule has 1 aliphatic heterocycles. The fourth-order valence-electron chi connectivity index (χ4n) is 2.45. The number of hydrogen-bond donors (Lipinski definition) is 2. The molecule has 0 aromatic heterocycles. The summed E-state index contributed by atoms with van der Waals surface area (Å²) in [6.45, 7) is 9.09. The summed E-state index contributed by atoms with van der Waals surface area (Å²) in [6, 6.07) is 9.33. The first kappa shape index (κ1) is 18.6. The lowest BCUT2D eigenvalue weighted by atomic mass is 9.85. The third-order valence-corrected chi connectivity index (χ3v) is 3.43. The first-order valence-electron chi connectivity index (χ1n) is 6.64. The van der Waals surface area contributed by atoms with Gasteiger partial charge in [0.15, 0.2) is 0 Å². The summed E-state index contributed by atoms with van der Waals surface area (Å²) in [7, 11) is 0. The maximum atomic E-state index is 3.72. The van der Waals surface area contributed by atoms with E-state index in [-0.39, 0.29) is 30.2 Å². The van der Waals surface area contributed by atoms with E-state index in [1.165, 1.54) is 24.1 Å². The molecule has 0 bridgehead atoms. The maximum Gasteiger partial charge on any atom is 0.0380 e. The Morgan fingerprint density at radius 1 is 1.05 bits per heavy atom. The monoisotopic (exact) mass is 304 g/mol. The van der Waals surface area contributed by atoms with Gasteiger partial charge in [-0.1, -0.05) is 39.0 Å². The van der Waals surface area contributed by atoms with Crippen LogP contribution in [0.4, 0.5) is 5.69 Å². The Kier molecular flexibility index (Phi) is 7.80. The number of rotatable bonds is 2. The number of piperidine rings is 1. The van der Waals surface area contributed by atoms with Crippen molar-refractivity contribution in [2.45, 2.75) is 45.1 Å². The van der Waals surface area contributed by atoms with Crippen molar-refractivity contribution in [2.24, 2.45) is 0 Å². The third-order valence-electron chi connectivity index (χ3n) is 3.43. The molecule has 2 nitrogen and oxygen atoms in total. The van der Waals surface area contributed by atoms with Gasteiger partial charge >= 0.3 is 0 Å². The van der Waals surface area contributed by atoms with E-state index in [9.17, 15) is 0 Å². The molecule has 1 aromatic rings. The van der Waals surface area contributed by atoms with E-state index in [1.54, 1.807) is 0 Å². The minimum Gasteiger partial charge on any atom is -0.382 e. The van der Waals surface area contributed by atoms with Crippen LogP contribution in [0.1, 0.15) is 39.2 Å². The SMILES string of the molecule is CC(C)(C)c1ccccc1NC1CCNCC1.Cl.Cl. The summed E-state index contributed by atoms with van der Waals surface area (Å²) in [6.07, 6.45) is 2.44. The first-order chi connectivity index (χ1) is 8.07. The molecular weight excluding hydrogens is 279 g/mol. The summed E-state index contributed by atoms with van der Waals surface area (Å²) >= 11 is 0. The van der Waals surface area contributed by atoms with Gasteiger partial charge in [0.25, 0.3) is 0 Å². The summed E-state index contributed by atoms with van der Waals surface area (Å²) < 4.78 is 0. The molecule has 2 rings (SSSR count). The van der Waals surface area contributed by atoms with Gasteiger partial charge in [0.2, 0.25) is 0 Å². The predicted octanol–water partition coefficient (Wildman–Crippen LogP) is 3.99. The number of benzene rings is 1. The highest BCUT2D eigenvalue weighted by Crippen LogP contribution is 2.30. The Morgan fingerprint density at radius 2 is 1.63 bits per heavy atom. The molecule has 0 amide bonds. The molecule has 110 valence electrons. The second-order valence-electron chi connectivity index (χ2n) is 5.96. The molecule has 1 heterocycles. The highest BCUT2D eigenvalue weighted by atomic mass is 35.5. The van der Waals surface area contributed by atoms with Crippen molar-refractivity contribution in [3.05, 3.63) is 29.8 Å². The summed E-state index contributed by atoms with van der Waals surface area (Å²) in [5.41, 5.74) is 2.93. The quantitative estimate of drug-likeness (QED) is 0.863. The normalized spacial score (nSPS) is 16.2. The lowest BCUT2D eigenvalue weighted by Gasteiger charge is -2.29. The standard InChI is InChI=1S/C15H24N2.2ClH/c1-15(2,3)13-6-4-5-7-14(13)17-12-8-10-16-11-9-12;;/h4-7,12,16-17H,8-11H2,1-3H3;2*1H. The zero-order valence-electron chi connectivity index (χ0n) is 12.0. The first-order valence-corrected chi connectivity index (χ1v) is 6.64. The third kappa shape index (κ3) is 5.21. The van der Waals surface area contributed by atoms with Crippen LogP contribution in [-0.4, -0.2) is 19.1 Å². The molecule has 1 aliphatic rings. The van der Waals surface area contributed by atoms with Crippen LogP contribution in [0.25, 0.3) is 0 Å². The summed E-state index contributed by atoms with van der Waals surface area (Å²) in [4.78, 5) is 0. The van der Waals surface area contributed by atoms with Gasteiger partial charge in [0.1, 0.15) is 0 Å². The van der Waals surface area contributed by atoms with E-state index in [1.807, 2.05) is 0 Å². The molecule has 1 fully saturated rings. The second-order valence-corrected chi connectivity index (χ2v) is 5.96. The number of para-hydroxylation sites is 1. The molecule has 1 aromatic carbocycles. The molecule has 1 saturated heterocycles. The maximum absolute atomic E-state index is 3.72. The van der Waals surface area contributed by atoms with Crippen LogP contribution in [0, 0.1) is 0 Å². The smallest absolute Gasteiger partial charge is 0.0380 e.